The molecule has 0 spiro atoms. The van der Waals surface area contributed by atoms with Crippen LogP contribution in [0.1, 0.15) is 129 Å². The fourth-order valence-electron chi connectivity index (χ4n) is 4.86. The number of nitrogens with zero attached hydrogens (tertiary/aromatic N) is 2. The predicted molar refractivity (Wildman–Crippen MR) is 143 cm³/mol. The van der Waals surface area contributed by atoms with Gasteiger partial charge < -0.3 is 15.6 Å². The molecule has 0 amide bonds. The number of allylic oxidation sites excluding steroid dienone is 2. The molecule has 0 aromatic heterocycles. The largest absolute Gasteiger partial charge is 0.544 e. The molecule has 1 rings (SSSR count). The van der Waals surface area contributed by atoms with E-state index in [-0.39, 0.29) is 11.0 Å². The van der Waals surface area contributed by atoms with Gasteiger partial charge in [0, 0.05) is 13.0 Å². The number of hydrogen-bond donors (Lipinski definition) is 1. The Hall–Kier alpha value is -1.46. The number of amidine groups is 1. The lowest BCUT2D eigenvalue weighted by atomic mass is 10.0. The Bertz CT molecular complexity index is 600. The average Bonchev–Trinajstić information content (AvgIpc) is 3.19. The second-order valence-electron chi connectivity index (χ2n) is 10.0. The van der Waals surface area contributed by atoms with Gasteiger partial charge in [-0.25, -0.2) is 9.48 Å². The first-order valence-electron chi connectivity index (χ1n) is 14.3. The van der Waals surface area contributed by atoms with Gasteiger partial charge in [-0.05, 0) is 32.1 Å². The Kier molecular flexibility index (Phi) is 18.8. The van der Waals surface area contributed by atoms with E-state index in [4.69, 9.17) is 5.73 Å². The molecule has 196 valence electrons. The number of nitrogens with two attached hydrogens (primary N) is 1. The average molecular weight is 476 g/mol. The fraction of sp³-hybridized carbons (Fsp3) is 0.793. The maximum Gasteiger partial charge on any atom is 0.207 e. The van der Waals surface area contributed by atoms with Crippen LogP contribution in [-0.4, -0.2) is 35.9 Å². The summed E-state index contributed by atoms with van der Waals surface area (Å²) >= 11 is 0. The van der Waals surface area contributed by atoms with Crippen LogP contribution in [0.2, 0.25) is 0 Å². The summed E-state index contributed by atoms with van der Waals surface area (Å²) in [7, 11) is 0. The molecule has 0 bridgehead atoms. The number of hydrogen-bond acceptors (Lipinski definition) is 4. The van der Waals surface area contributed by atoms with Crippen LogP contribution in [0, 0.1) is 0 Å². The smallest absolute Gasteiger partial charge is 0.207 e. The summed E-state index contributed by atoms with van der Waals surface area (Å²) < 4.78 is 0.230. The van der Waals surface area contributed by atoms with E-state index in [9.17, 15) is 9.90 Å². The lowest BCUT2D eigenvalue weighted by Crippen LogP contribution is -2.55. The highest BCUT2D eigenvalue weighted by atomic mass is 16.4. The van der Waals surface area contributed by atoms with Gasteiger partial charge >= 0.3 is 0 Å². The molecule has 0 aromatic carbocycles. The topological polar surface area (TPSA) is 78.5 Å². The Balaban J connectivity index is 1.92. The van der Waals surface area contributed by atoms with Gasteiger partial charge in [0.2, 0.25) is 5.84 Å². The normalized spacial score (nSPS) is 17.6. The third kappa shape index (κ3) is 14.7. The van der Waals surface area contributed by atoms with Crippen LogP contribution < -0.4 is 10.8 Å². The molecule has 0 aromatic rings. The molecule has 1 aliphatic heterocycles. The quantitative estimate of drug-likeness (QED) is 0.0999. The van der Waals surface area contributed by atoms with Crippen LogP contribution in [0.3, 0.4) is 0 Å². The van der Waals surface area contributed by atoms with Crippen molar-refractivity contribution in [3.05, 3.63) is 24.6 Å². The molecule has 1 atom stereocenters. The molecule has 0 saturated carbocycles. The van der Waals surface area contributed by atoms with E-state index in [2.05, 4.69) is 24.1 Å². The minimum absolute atomic E-state index is 0.0777. The lowest BCUT2D eigenvalue weighted by Gasteiger charge is -2.32. The Morgan fingerprint density at radius 2 is 1.35 bits per heavy atom. The summed E-state index contributed by atoms with van der Waals surface area (Å²) in [6.45, 7) is 3.19. The summed E-state index contributed by atoms with van der Waals surface area (Å²) in [5, 5.41) is 11.2. The molecule has 1 heterocycles. The minimum Gasteiger partial charge on any atom is -0.544 e. The second-order valence-corrected chi connectivity index (χ2v) is 10.0. The molecule has 0 saturated heterocycles. The van der Waals surface area contributed by atoms with Gasteiger partial charge in [0.15, 0.2) is 0 Å². The number of aliphatic carboxylic acids is 1. The summed E-state index contributed by atoms with van der Waals surface area (Å²) in [4.78, 5) is 15.6. The third-order valence-corrected chi connectivity index (χ3v) is 6.94. The Morgan fingerprint density at radius 3 is 1.85 bits per heavy atom. The lowest BCUT2D eigenvalue weighted by molar-refractivity contribution is -0.780. The van der Waals surface area contributed by atoms with Crippen LogP contribution >= 0.6 is 0 Å². The highest BCUT2D eigenvalue weighted by Crippen LogP contribution is 2.20. The van der Waals surface area contributed by atoms with Gasteiger partial charge in [0.05, 0.1) is 12.2 Å². The first kappa shape index (κ1) is 30.6. The molecule has 1 aliphatic rings. The molecule has 5 nitrogen and oxygen atoms in total. The summed E-state index contributed by atoms with van der Waals surface area (Å²) in [6, 6.07) is 0. The molecule has 1 unspecified atom stereocenters. The van der Waals surface area contributed by atoms with Crippen molar-refractivity contribution in [1.29, 1.82) is 0 Å². The zero-order chi connectivity index (χ0) is 24.7. The van der Waals surface area contributed by atoms with Gasteiger partial charge in [-0.15, -0.1) is 0 Å². The van der Waals surface area contributed by atoms with Crippen molar-refractivity contribution in [3.63, 3.8) is 0 Å². The van der Waals surface area contributed by atoms with Gasteiger partial charge in [0.25, 0.3) is 0 Å². The van der Waals surface area contributed by atoms with E-state index in [0.717, 1.165) is 31.5 Å². The minimum atomic E-state index is -1.06. The van der Waals surface area contributed by atoms with Crippen molar-refractivity contribution in [2.45, 2.75) is 129 Å². The van der Waals surface area contributed by atoms with E-state index in [0.29, 0.717) is 13.1 Å². The number of carboxylic acid groups (broad SMARTS) is 1. The van der Waals surface area contributed by atoms with E-state index < -0.39 is 5.97 Å². The van der Waals surface area contributed by atoms with Gasteiger partial charge in [-0.1, -0.05) is 103 Å². The monoisotopic (exact) mass is 475 g/mol. The zero-order valence-electron chi connectivity index (χ0n) is 22.2. The van der Waals surface area contributed by atoms with Crippen molar-refractivity contribution in [2.24, 2.45) is 10.7 Å². The number of carbonyl (C=O) groups excluding carboxylic acids is 1. The SMILES string of the molecule is CCCCCCCCCCCCCCCC/C=C/CCCCC1=NC=C[N+]1(CCN)CC(=O)[O-]. The van der Waals surface area contributed by atoms with Crippen molar-refractivity contribution < 1.29 is 14.4 Å². The van der Waals surface area contributed by atoms with Gasteiger partial charge in [0.1, 0.15) is 19.3 Å². The number of rotatable bonds is 24. The van der Waals surface area contributed by atoms with Gasteiger partial charge in [-0.3, -0.25) is 0 Å². The van der Waals surface area contributed by atoms with E-state index >= 15 is 0 Å². The summed E-state index contributed by atoms with van der Waals surface area (Å²) in [5.74, 6) is -0.153. The van der Waals surface area contributed by atoms with Crippen LogP contribution in [0.4, 0.5) is 0 Å². The van der Waals surface area contributed by atoms with E-state index in [1.54, 1.807) is 6.20 Å². The first-order chi connectivity index (χ1) is 16.6. The summed E-state index contributed by atoms with van der Waals surface area (Å²) in [6.07, 6.45) is 33.1. The standard InChI is InChI=1S/C29H53N3O2/c1-2-3-4-5-6-7-8-9-10-11-12-13-14-15-16-17-18-19-20-21-22-28-31-24-26-32(28,25-23-30)27-29(33)34/h17-18,24,26H,2-16,19-23,25,27,30H2,1H3/b18-17+. The zero-order valence-corrected chi connectivity index (χ0v) is 22.2. The number of carbonyl (C=O) groups is 1. The second kappa shape index (κ2) is 20.9. The highest BCUT2D eigenvalue weighted by molar-refractivity contribution is 5.80. The number of carboxylic acids is 1. The molecule has 0 fully saturated rings. The molecule has 0 radical (unpaired) electrons. The fourth-order valence-corrected chi connectivity index (χ4v) is 4.86. The molecule has 34 heavy (non-hydrogen) atoms. The van der Waals surface area contributed by atoms with Gasteiger partial charge in [-0.2, -0.15) is 0 Å². The van der Waals surface area contributed by atoms with E-state index in [1.165, 1.54) is 96.3 Å². The highest BCUT2D eigenvalue weighted by Gasteiger charge is 2.34. The number of aliphatic imine (C=N–C) groups is 1. The van der Waals surface area contributed by atoms with Crippen molar-refractivity contribution >= 4 is 11.8 Å². The van der Waals surface area contributed by atoms with Crippen LogP contribution in [0.5, 0.6) is 0 Å². The molecule has 0 aliphatic carbocycles. The van der Waals surface area contributed by atoms with Crippen LogP contribution in [0.15, 0.2) is 29.5 Å². The molecule has 5 heteroatoms. The third-order valence-electron chi connectivity index (χ3n) is 6.94. The number of unbranched alkanes of at least 4 members (excludes halogenated alkanes) is 16. The summed E-state index contributed by atoms with van der Waals surface area (Å²) in [5.41, 5.74) is 5.71. The van der Waals surface area contributed by atoms with Crippen LogP contribution in [0.25, 0.3) is 0 Å². The van der Waals surface area contributed by atoms with E-state index in [1.807, 2.05) is 6.20 Å². The maximum absolute atomic E-state index is 11.2. The predicted octanol–water partition coefficient (Wildman–Crippen LogP) is 6.38. The first-order valence-corrected chi connectivity index (χ1v) is 14.3. The molecular weight excluding hydrogens is 422 g/mol. The Labute approximate surface area is 210 Å². The van der Waals surface area contributed by atoms with Crippen LogP contribution in [-0.2, 0) is 4.79 Å². The van der Waals surface area contributed by atoms with Crippen molar-refractivity contribution in [2.75, 3.05) is 19.6 Å². The molecular formula is C29H53N3O2. The van der Waals surface area contributed by atoms with Crippen molar-refractivity contribution in [1.82, 2.24) is 0 Å². The number of quaternary nitrogens is 1. The maximum atomic E-state index is 11.2. The Morgan fingerprint density at radius 1 is 0.853 bits per heavy atom. The van der Waals surface area contributed by atoms with Crippen molar-refractivity contribution in [3.8, 4) is 0 Å². The molecule has 2 N–H and O–H groups in total.